The molecule has 0 unspecified atom stereocenters. The molecule has 3 heteroatoms. The van der Waals surface area contributed by atoms with Gasteiger partial charge in [-0.05, 0) is 37.1 Å². The molecule has 0 N–H and O–H groups in total. The summed E-state index contributed by atoms with van der Waals surface area (Å²) in [7, 11) is 0. The number of carbonyl (C=O) groups excluding carboxylic acids is 1. The van der Waals surface area contributed by atoms with Gasteiger partial charge in [0.1, 0.15) is 0 Å². The van der Waals surface area contributed by atoms with Crippen LogP contribution in [0.1, 0.15) is 32.6 Å². The number of rotatable bonds is 4. The molecule has 0 bridgehead atoms. The number of hydrogen-bond donors (Lipinski definition) is 0. The second kappa shape index (κ2) is 5.68. The van der Waals surface area contributed by atoms with Crippen LogP contribution in [0.3, 0.4) is 0 Å². The van der Waals surface area contributed by atoms with Gasteiger partial charge in [0.05, 0.1) is 0 Å². The van der Waals surface area contributed by atoms with Crippen LogP contribution in [0.2, 0.25) is 5.02 Å². The Hall–Kier alpha value is -1.12. The summed E-state index contributed by atoms with van der Waals surface area (Å²) >= 11 is 7.75. The highest BCUT2D eigenvalue weighted by Crippen LogP contribution is 2.21. The van der Waals surface area contributed by atoms with Gasteiger partial charge in [0.25, 0.3) is 0 Å². The lowest BCUT2D eigenvalue weighted by atomic mass is 10.1. The summed E-state index contributed by atoms with van der Waals surface area (Å²) in [5.41, 5.74) is 1.69. The van der Waals surface area contributed by atoms with Crippen molar-refractivity contribution in [2.75, 3.05) is 0 Å². The normalized spacial score (nSPS) is 10.6. The lowest BCUT2D eigenvalue weighted by Gasteiger charge is -2.02. The van der Waals surface area contributed by atoms with Gasteiger partial charge < -0.3 is 0 Å². The van der Waals surface area contributed by atoms with E-state index in [0.717, 1.165) is 16.9 Å². The molecule has 1 heterocycles. The number of benzene rings is 1. The predicted molar refractivity (Wildman–Crippen MR) is 77.9 cm³/mol. The first-order valence-corrected chi connectivity index (χ1v) is 7.16. The van der Waals surface area contributed by atoms with Gasteiger partial charge in [0, 0.05) is 26.8 Å². The minimum Gasteiger partial charge on any atom is -0.294 e. The smallest absolute Gasteiger partial charge is 0.168 e. The molecule has 0 saturated heterocycles. The number of hydrogen-bond acceptors (Lipinski definition) is 2. The minimum atomic E-state index is 0.126. The average molecular weight is 279 g/mol. The predicted octanol–water partition coefficient (Wildman–Crippen LogP) is 4.70. The number of carbonyl (C=O) groups is 1. The molecule has 0 aliphatic rings. The van der Waals surface area contributed by atoms with Crippen molar-refractivity contribution in [2.45, 2.75) is 26.7 Å². The van der Waals surface area contributed by atoms with Gasteiger partial charge in [0.15, 0.2) is 5.78 Å². The number of halogens is 1. The van der Waals surface area contributed by atoms with Crippen molar-refractivity contribution >= 4 is 28.7 Å². The molecule has 0 amide bonds. The van der Waals surface area contributed by atoms with Gasteiger partial charge in [-0.3, -0.25) is 4.79 Å². The van der Waals surface area contributed by atoms with Crippen LogP contribution in [-0.4, -0.2) is 5.78 Å². The zero-order valence-corrected chi connectivity index (χ0v) is 12.1. The summed E-state index contributed by atoms with van der Waals surface area (Å²) in [6.45, 7) is 4.06. The van der Waals surface area contributed by atoms with Crippen LogP contribution < -0.4 is 0 Å². The van der Waals surface area contributed by atoms with E-state index in [4.69, 9.17) is 11.6 Å². The highest BCUT2D eigenvalue weighted by molar-refractivity contribution is 7.12. The van der Waals surface area contributed by atoms with E-state index in [9.17, 15) is 4.79 Å². The Morgan fingerprint density at radius 3 is 2.56 bits per heavy atom. The Kier molecular flexibility index (Phi) is 4.20. The van der Waals surface area contributed by atoms with Gasteiger partial charge in [-0.15, -0.1) is 11.3 Å². The monoisotopic (exact) mass is 278 g/mol. The Labute approximate surface area is 116 Å². The standard InChI is InChI=1S/C15H15ClOS/c1-3-12-6-7-13(18-12)9-15(17)11-5-4-10(2)14(16)8-11/h4-8H,3,9H2,1-2H3. The van der Waals surface area contributed by atoms with Crippen LogP contribution in [0.15, 0.2) is 30.3 Å². The Bertz CT molecular complexity index is 572. The SMILES string of the molecule is CCc1ccc(CC(=O)c2ccc(C)c(Cl)c2)s1. The fourth-order valence-electron chi connectivity index (χ4n) is 1.73. The maximum atomic E-state index is 12.1. The largest absolute Gasteiger partial charge is 0.294 e. The third-order valence-electron chi connectivity index (χ3n) is 2.89. The maximum absolute atomic E-state index is 12.1. The summed E-state index contributed by atoms with van der Waals surface area (Å²) in [5.74, 6) is 0.126. The van der Waals surface area contributed by atoms with Crippen LogP contribution >= 0.6 is 22.9 Å². The number of aryl methyl sites for hydroxylation is 2. The Morgan fingerprint density at radius 2 is 1.94 bits per heavy atom. The van der Waals surface area contributed by atoms with E-state index in [1.165, 1.54) is 4.88 Å². The highest BCUT2D eigenvalue weighted by atomic mass is 35.5. The fraction of sp³-hybridized carbons (Fsp3) is 0.267. The Balaban J connectivity index is 2.14. The van der Waals surface area contributed by atoms with E-state index in [0.29, 0.717) is 17.0 Å². The highest BCUT2D eigenvalue weighted by Gasteiger charge is 2.10. The Morgan fingerprint density at radius 1 is 1.22 bits per heavy atom. The molecule has 94 valence electrons. The summed E-state index contributed by atoms with van der Waals surface area (Å²) in [5, 5.41) is 0.654. The van der Waals surface area contributed by atoms with E-state index in [-0.39, 0.29) is 5.78 Å². The van der Waals surface area contributed by atoms with Crippen molar-refractivity contribution in [3.8, 4) is 0 Å². The summed E-state index contributed by atoms with van der Waals surface area (Å²) in [6.07, 6.45) is 1.49. The van der Waals surface area contributed by atoms with Gasteiger partial charge >= 0.3 is 0 Å². The number of thiophene rings is 1. The molecular weight excluding hydrogens is 264 g/mol. The molecule has 0 fully saturated rings. The average Bonchev–Trinajstić information content (AvgIpc) is 2.80. The van der Waals surface area contributed by atoms with Crippen molar-refractivity contribution < 1.29 is 4.79 Å². The molecule has 0 atom stereocenters. The van der Waals surface area contributed by atoms with Crippen LogP contribution in [0.5, 0.6) is 0 Å². The maximum Gasteiger partial charge on any atom is 0.168 e. The van der Waals surface area contributed by atoms with Crippen LogP contribution in [0.25, 0.3) is 0 Å². The van der Waals surface area contributed by atoms with Gasteiger partial charge in [0.2, 0.25) is 0 Å². The van der Waals surface area contributed by atoms with E-state index in [2.05, 4.69) is 13.0 Å². The lowest BCUT2D eigenvalue weighted by molar-refractivity contribution is 0.0994. The molecule has 1 aromatic heterocycles. The zero-order valence-electron chi connectivity index (χ0n) is 10.5. The fourth-order valence-corrected chi connectivity index (χ4v) is 2.87. The molecule has 2 aromatic rings. The molecule has 2 rings (SSSR count). The first-order valence-electron chi connectivity index (χ1n) is 5.97. The summed E-state index contributed by atoms with van der Waals surface area (Å²) in [4.78, 5) is 14.6. The van der Waals surface area contributed by atoms with E-state index in [1.807, 2.05) is 25.1 Å². The zero-order chi connectivity index (χ0) is 13.1. The number of Topliss-reactive ketones (excluding diaryl/α,β-unsaturated/α-hetero) is 1. The van der Waals surface area contributed by atoms with E-state index in [1.54, 1.807) is 17.4 Å². The van der Waals surface area contributed by atoms with Crippen molar-refractivity contribution in [1.82, 2.24) is 0 Å². The van der Waals surface area contributed by atoms with Gasteiger partial charge in [-0.2, -0.15) is 0 Å². The van der Waals surface area contributed by atoms with Crippen LogP contribution in [-0.2, 0) is 12.8 Å². The quantitative estimate of drug-likeness (QED) is 0.741. The topological polar surface area (TPSA) is 17.1 Å². The molecule has 1 aromatic carbocycles. The summed E-state index contributed by atoms with van der Waals surface area (Å²) in [6, 6.07) is 9.62. The van der Waals surface area contributed by atoms with Gasteiger partial charge in [-0.25, -0.2) is 0 Å². The molecule has 0 aliphatic heterocycles. The second-order valence-electron chi connectivity index (χ2n) is 4.29. The van der Waals surface area contributed by atoms with Gasteiger partial charge in [-0.1, -0.05) is 30.7 Å². The molecule has 0 spiro atoms. The molecule has 0 aliphatic carbocycles. The second-order valence-corrected chi connectivity index (χ2v) is 5.95. The van der Waals surface area contributed by atoms with Crippen LogP contribution in [0, 0.1) is 6.92 Å². The van der Waals surface area contributed by atoms with Crippen molar-refractivity contribution in [3.63, 3.8) is 0 Å². The molecule has 18 heavy (non-hydrogen) atoms. The minimum absolute atomic E-state index is 0.126. The van der Waals surface area contributed by atoms with E-state index < -0.39 is 0 Å². The van der Waals surface area contributed by atoms with Crippen molar-refractivity contribution in [1.29, 1.82) is 0 Å². The first-order chi connectivity index (χ1) is 8.60. The summed E-state index contributed by atoms with van der Waals surface area (Å²) < 4.78 is 0. The molecule has 0 saturated carbocycles. The third kappa shape index (κ3) is 3.01. The lowest BCUT2D eigenvalue weighted by Crippen LogP contribution is -2.02. The first kappa shape index (κ1) is 13.3. The van der Waals surface area contributed by atoms with E-state index >= 15 is 0 Å². The van der Waals surface area contributed by atoms with Crippen molar-refractivity contribution in [3.05, 3.63) is 56.2 Å². The van der Waals surface area contributed by atoms with Crippen molar-refractivity contribution in [2.24, 2.45) is 0 Å². The van der Waals surface area contributed by atoms with Crippen LogP contribution in [0.4, 0.5) is 0 Å². The number of ketones is 1. The molecule has 1 nitrogen and oxygen atoms in total. The third-order valence-corrected chi connectivity index (χ3v) is 4.53. The molecular formula is C15H15ClOS. The molecule has 0 radical (unpaired) electrons.